The largest absolute Gasteiger partial charge is 0.507 e. The zero-order valence-electron chi connectivity index (χ0n) is 15.7. The number of aliphatic hydroxyl groups excluding tert-OH is 2. The molecule has 0 saturated heterocycles. The third kappa shape index (κ3) is 5.09. The Balaban J connectivity index is 1.90. The number of hydrogen-bond donors (Lipinski definition) is 6. The van der Waals surface area contributed by atoms with Crippen LogP contribution in [0.3, 0.4) is 0 Å². The molecule has 0 aliphatic rings. The first-order chi connectivity index (χ1) is 13.9. The number of aryl methyl sites for hydroxylation is 1. The summed E-state index contributed by atoms with van der Waals surface area (Å²) in [4.78, 5) is 8.16. The number of aromatic nitrogens is 2. The Morgan fingerprint density at radius 1 is 1.14 bits per heavy atom. The summed E-state index contributed by atoms with van der Waals surface area (Å²) in [5, 5.41) is 34.5. The van der Waals surface area contributed by atoms with Crippen molar-refractivity contribution in [2.45, 2.75) is 13.0 Å². The Morgan fingerprint density at radius 3 is 2.66 bits per heavy atom. The average Bonchev–Trinajstić information content (AvgIpc) is 2.69. The van der Waals surface area contributed by atoms with Gasteiger partial charge in [0.15, 0.2) is 0 Å². The number of phenols is 1. The summed E-state index contributed by atoms with van der Waals surface area (Å²) >= 11 is 0. The van der Waals surface area contributed by atoms with E-state index in [2.05, 4.69) is 20.6 Å². The van der Waals surface area contributed by atoms with Gasteiger partial charge in [-0.1, -0.05) is 6.07 Å². The van der Waals surface area contributed by atoms with Gasteiger partial charge in [0.05, 0.1) is 24.1 Å². The third-order valence-corrected chi connectivity index (χ3v) is 4.15. The number of nitrogens with one attached hydrogen (secondary N) is 2. The van der Waals surface area contributed by atoms with Crippen LogP contribution in [0.15, 0.2) is 42.5 Å². The maximum Gasteiger partial charge on any atom is 0.222 e. The molecule has 0 spiro atoms. The fraction of sp³-hybridized carbons (Fsp3) is 0.200. The molecule has 152 valence electrons. The van der Waals surface area contributed by atoms with Crippen LogP contribution in [0.5, 0.6) is 5.75 Å². The minimum atomic E-state index is -0.958. The lowest BCUT2D eigenvalue weighted by atomic mass is 10.1. The number of anilines is 4. The number of hydrogen-bond acceptors (Lipinski definition) is 8. The van der Waals surface area contributed by atoms with Crippen LogP contribution in [0.2, 0.25) is 0 Å². The number of halogens is 1. The Hall–Kier alpha value is -3.43. The zero-order chi connectivity index (χ0) is 21.0. The van der Waals surface area contributed by atoms with Crippen LogP contribution in [0.1, 0.15) is 5.56 Å². The molecular formula is C20H22FN5O3. The van der Waals surface area contributed by atoms with E-state index < -0.39 is 12.7 Å². The van der Waals surface area contributed by atoms with Gasteiger partial charge in [0, 0.05) is 23.9 Å². The highest BCUT2D eigenvalue weighted by atomic mass is 19.1. The van der Waals surface area contributed by atoms with Crippen LogP contribution in [-0.4, -0.2) is 44.5 Å². The van der Waals surface area contributed by atoms with Crippen molar-refractivity contribution < 1.29 is 19.7 Å². The molecule has 0 saturated carbocycles. The first-order valence-corrected chi connectivity index (χ1v) is 8.89. The number of nitrogens with zero attached hydrogens (tertiary/aromatic N) is 2. The smallest absolute Gasteiger partial charge is 0.222 e. The van der Waals surface area contributed by atoms with Gasteiger partial charge in [-0.3, -0.25) is 0 Å². The van der Waals surface area contributed by atoms with E-state index in [1.165, 1.54) is 12.1 Å². The first-order valence-electron chi connectivity index (χ1n) is 8.89. The standard InChI is InChI=1S/C20H22FN5O3/c1-11-2-4-16(15(21)6-11)24-12-3-5-18(29)14(7-12)17-8-19(26-20(22)25-17)23-9-13(28)10-27/h2-8,13,24,27-29H,9-10H2,1H3,(H3,22,23,25,26). The van der Waals surface area contributed by atoms with E-state index in [1.54, 1.807) is 37.3 Å². The van der Waals surface area contributed by atoms with Crippen molar-refractivity contribution in [3.05, 3.63) is 53.8 Å². The molecule has 0 amide bonds. The maximum atomic E-state index is 14.1. The predicted octanol–water partition coefficient (Wildman–Crippen LogP) is 2.39. The predicted molar refractivity (Wildman–Crippen MR) is 110 cm³/mol. The van der Waals surface area contributed by atoms with Gasteiger partial charge >= 0.3 is 0 Å². The normalized spacial score (nSPS) is 11.9. The van der Waals surface area contributed by atoms with Crippen LogP contribution in [0.25, 0.3) is 11.3 Å². The Labute approximate surface area is 166 Å². The first kappa shape index (κ1) is 20.3. The second kappa shape index (κ2) is 8.72. The highest BCUT2D eigenvalue weighted by Crippen LogP contribution is 2.33. The lowest BCUT2D eigenvalue weighted by Gasteiger charge is -2.13. The van der Waals surface area contributed by atoms with Gasteiger partial charge in [0.2, 0.25) is 5.95 Å². The van der Waals surface area contributed by atoms with Gasteiger partial charge in [0.25, 0.3) is 0 Å². The highest BCUT2D eigenvalue weighted by Gasteiger charge is 2.12. The monoisotopic (exact) mass is 399 g/mol. The number of aliphatic hydroxyl groups is 2. The molecule has 0 fully saturated rings. The van der Waals surface area contributed by atoms with Crippen LogP contribution in [-0.2, 0) is 0 Å². The Morgan fingerprint density at radius 2 is 1.93 bits per heavy atom. The molecule has 1 aromatic heterocycles. The average molecular weight is 399 g/mol. The van der Waals surface area contributed by atoms with E-state index in [0.717, 1.165) is 5.56 Å². The molecular weight excluding hydrogens is 377 g/mol. The fourth-order valence-corrected chi connectivity index (χ4v) is 2.68. The second-order valence-electron chi connectivity index (χ2n) is 6.55. The van der Waals surface area contributed by atoms with Crippen molar-refractivity contribution >= 4 is 23.1 Å². The number of aromatic hydroxyl groups is 1. The number of nitrogens with two attached hydrogens (primary N) is 1. The topological polar surface area (TPSA) is 137 Å². The van der Waals surface area contributed by atoms with Crippen molar-refractivity contribution in [3.63, 3.8) is 0 Å². The van der Waals surface area contributed by atoms with Gasteiger partial charge < -0.3 is 31.7 Å². The molecule has 7 N–H and O–H groups in total. The molecule has 0 bridgehead atoms. The molecule has 8 nitrogen and oxygen atoms in total. The molecule has 3 aromatic rings. The van der Waals surface area contributed by atoms with Gasteiger partial charge in [-0.2, -0.15) is 4.98 Å². The molecule has 0 aliphatic heterocycles. The molecule has 1 unspecified atom stereocenters. The fourth-order valence-electron chi connectivity index (χ4n) is 2.68. The lowest BCUT2D eigenvalue weighted by molar-refractivity contribution is 0.105. The van der Waals surface area contributed by atoms with Gasteiger partial charge in [-0.05, 0) is 42.8 Å². The summed E-state index contributed by atoms with van der Waals surface area (Å²) in [6.45, 7) is 1.47. The summed E-state index contributed by atoms with van der Waals surface area (Å²) in [5.41, 5.74) is 8.11. The molecule has 0 aliphatic carbocycles. The highest BCUT2D eigenvalue weighted by molar-refractivity contribution is 5.75. The van der Waals surface area contributed by atoms with Crippen LogP contribution in [0.4, 0.5) is 27.5 Å². The van der Waals surface area contributed by atoms with E-state index >= 15 is 0 Å². The lowest BCUT2D eigenvalue weighted by Crippen LogP contribution is -2.23. The summed E-state index contributed by atoms with van der Waals surface area (Å²) in [5.74, 6) is -0.146. The van der Waals surface area contributed by atoms with Crippen LogP contribution in [0, 0.1) is 12.7 Å². The molecule has 1 atom stereocenters. The zero-order valence-corrected chi connectivity index (χ0v) is 15.7. The SMILES string of the molecule is Cc1ccc(Nc2ccc(O)c(-c3cc(NCC(O)CO)nc(N)n3)c2)c(F)c1. The molecule has 3 rings (SSSR count). The van der Waals surface area contributed by atoms with E-state index in [-0.39, 0.29) is 24.1 Å². The molecule has 29 heavy (non-hydrogen) atoms. The summed E-state index contributed by atoms with van der Waals surface area (Å²) in [6.07, 6.45) is -0.958. The van der Waals surface area contributed by atoms with E-state index in [1.807, 2.05) is 0 Å². The number of rotatable bonds is 7. The maximum absolute atomic E-state index is 14.1. The summed E-state index contributed by atoms with van der Waals surface area (Å²) < 4.78 is 14.1. The van der Waals surface area contributed by atoms with E-state index in [4.69, 9.17) is 10.8 Å². The van der Waals surface area contributed by atoms with Crippen molar-refractivity contribution in [1.29, 1.82) is 0 Å². The van der Waals surface area contributed by atoms with Gasteiger partial charge in [-0.15, -0.1) is 0 Å². The number of benzene rings is 2. The summed E-state index contributed by atoms with van der Waals surface area (Å²) in [6, 6.07) is 11.1. The van der Waals surface area contributed by atoms with E-state index in [9.17, 15) is 14.6 Å². The van der Waals surface area contributed by atoms with Gasteiger partial charge in [-0.25, -0.2) is 9.37 Å². The number of nitrogen functional groups attached to an aromatic ring is 1. The van der Waals surface area contributed by atoms with Crippen molar-refractivity contribution in [1.82, 2.24) is 9.97 Å². The molecule has 0 radical (unpaired) electrons. The van der Waals surface area contributed by atoms with Crippen molar-refractivity contribution in [3.8, 4) is 17.0 Å². The minimum absolute atomic E-state index is 0.0363. The van der Waals surface area contributed by atoms with Gasteiger partial charge in [0.1, 0.15) is 17.4 Å². The third-order valence-electron chi connectivity index (χ3n) is 4.15. The van der Waals surface area contributed by atoms with Crippen molar-refractivity contribution in [2.75, 3.05) is 29.5 Å². The molecule has 9 heteroatoms. The Kier molecular flexibility index (Phi) is 6.10. The van der Waals surface area contributed by atoms with Crippen LogP contribution >= 0.6 is 0 Å². The minimum Gasteiger partial charge on any atom is -0.507 e. The molecule has 2 aromatic carbocycles. The Bertz CT molecular complexity index is 1020. The van der Waals surface area contributed by atoms with Crippen molar-refractivity contribution in [2.24, 2.45) is 0 Å². The summed E-state index contributed by atoms with van der Waals surface area (Å²) in [7, 11) is 0. The van der Waals surface area contributed by atoms with E-state index in [0.29, 0.717) is 28.5 Å². The number of phenolic OH excluding ortho intramolecular Hbond substituents is 1. The second-order valence-corrected chi connectivity index (χ2v) is 6.55. The molecule has 1 heterocycles. The van der Waals surface area contributed by atoms with Crippen LogP contribution < -0.4 is 16.4 Å². The quantitative estimate of drug-likeness (QED) is 0.333.